The first kappa shape index (κ1) is 71.4. The number of nitrogens with zero attached hydrogens (tertiary/aromatic N) is 2. The van der Waals surface area contributed by atoms with Crippen LogP contribution in [0.1, 0.15) is 140 Å². The number of hydrogen-bond acceptors (Lipinski definition) is 14. The minimum atomic E-state index is -1.67. The number of rotatable bonds is 34. The SMILES string of the molecule is NC(=O)NCCC[C@H](CC(=O)C1(NC(=O)CCCCCN2C(=O)C=CC2=O)CCC1)C(=O)Nc1ccc(CCl)cc1.NC(=O)NCCC[C@H](CC(=O)C1(NC(=O)CCCCCN2C(=O)C=CC2=O)CCC1)C(=O)Nc1ccc(CO)cc1.O=S(Cl)Cl. The maximum atomic E-state index is 13.5. The normalized spacial score (nSPS) is 15.8. The number of Topliss-reactive ketones (excluding diaryl/α,β-unsaturated/α-hetero) is 2. The summed E-state index contributed by atoms with van der Waals surface area (Å²) in [5.41, 5.74) is 11.0. The van der Waals surface area contributed by atoms with Gasteiger partial charge in [-0.05, 0) is 125 Å². The van der Waals surface area contributed by atoms with Gasteiger partial charge in [0.15, 0.2) is 11.6 Å². The maximum absolute atomic E-state index is 13.5. The van der Waals surface area contributed by atoms with E-state index in [2.05, 4.69) is 53.3 Å². The van der Waals surface area contributed by atoms with Crippen molar-refractivity contribution in [3.05, 3.63) is 84.0 Å². The van der Waals surface area contributed by atoms with E-state index in [1.807, 2.05) is 0 Å². The van der Waals surface area contributed by atoms with Crippen molar-refractivity contribution in [1.82, 2.24) is 31.1 Å². The molecule has 2 heterocycles. The number of primary amides is 2. The molecular formula is C58H77Cl3N10O14S. The highest BCUT2D eigenvalue weighted by Crippen LogP contribution is 2.37. The van der Waals surface area contributed by atoms with Crippen molar-refractivity contribution in [2.75, 3.05) is 36.8 Å². The van der Waals surface area contributed by atoms with Crippen molar-refractivity contribution in [2.24, 2.45) is 23.3 Å². The zero-order chi connectivity index (χ0) is 63.2. The van der Waals surface area contributed by atoms with E-state index in [0.717, 1.165) is 18.4 Å². The monoisotopic (exact) mass is 1270 g/mol. The number of imide groups is 2. The van der Waals surface area contributed by atoms with Gasteiger partial charge in [-0.15, -0.1) is 11.6 Å². The molecule has 2 aromatic carbocycles. The molecule has 0 unspecified atom stereocenters. The lowest BCUT2D eigenvalue weighted by Gasteiger charge is -2.41. The van der Waals surface area contributed by atoms with Crippen LogP contribution in [0, 0.1) is 11.8 Å². The summed E-state index contributed by atoms with van der Waals surface area (Å²) in [4.78, 5) is 150. The van der Waals surface area contributed by atoms with Crippen molar-refractivity contribution in [1.29, 1.82) is 0 Å². The molecule has 2 aliphatic heterocycles. The molecular weight excluding hydrogens is 1200 g/mol. The van der Waals surface area contributed by atoms with E-state index >= 15 is 0 Å². The van der Waals surface area contributed by atoms with E-state index in [0.29, 0.717) is 126 Å². The predicted molar refractivity (Wildman–Crippen MR) is 323 cm³/mol. The number of unbranched alkanes of at least 4 members (excludes halogenated alkanes) is 4. The van der Waals surface area contributed by atoms with Crippen LogP contribution in [0.5, 0.6) is 0 Å². The van der Waals surface area contributed by atoms with Gasteiger partial charge in [-0.1, -0.05) is 37.1 Å². The maximum Gasteiger partial charge on any atom is 0.312 e. The molecule has 0 spiro atoms. The van der Waals surface area contributed by atoms with Crippen molar-refractivity contribution in [2.45, 2.75) is 152 Å². The van der Waals surface area contributed by atoms with Crippen LogP contribution in [0.4, 0.5) is 21.0 Å². The summed E-state index contributed by atoms with van der Waals surface area (Å²) in [5.74, 6) is -3.82. The Kier molecular flexibility index (Phi) is 30.6. The van der Waals surface area contributed by atoms with Crippen LogP contribution < -0.4 is 43.4 Å². The van der Waals surface area contributed by atoms with Gasteiger partial charge in [-0.2, -0.15) is 0 Å². The van der Waals surface area contributed by atoms with Gasteiger partial charge >= 0.3 is 12.1 Å². The third kappa shape index (κ3) is 24.4. The first-order valence-electron chi connectivity index (χ1n) is 28.5. The van der Waals surface area contributed by atoms with Crippen LogP contribution in [0.15, 0.2) is 72.8 Å². The van der Waals surface area contributed by atoms with Gasteiger partial charge in [-0.3, -0.25) is 57.7 Å². The van der Waals surface area contributed by atoms with Gasteiger partial charge in [0.05, 0.1) is 17.7 Å². The average molecular weight is 1280 g/mol. The highest BCUT2D eigenvalue weighted by Gasteiger charge is 2.47. The molecule has 0 bridgehead atoms. The Labute approximate surface area is 515 Å². The molecule has 28 heteroatoms. The number of alkyl halides is 1. The zero-order valence-electron chi connectivity index (χ0n) is 47.8. The second kappa shape index (κ2) is 36.8. The highest BCUT2D eigenvalue weighted by molar-refractivity contribution is 8.26. The minimum Gasteiger partial charge on any atom is -0.392 e. The topological polar surface area (TPSA) is 373 Å². The largest absolute Gasteiger partial charge is 0.392 e. The molecule has 0 radical (unpaired) electrons. The van der Waals surface area contributed by atoms with E-state index in [9.17, 15) is 62.6 Å². The summed E-state index contributed by atoms with van der Waals surface area (Å²) >= 11 is 5.84. The fourth-order valence-electron chi connectivity index (χ4n) is 9.90. The van der Waals surface area contributed by atoms with Gasteiger partial charge < -0.3 is 48.5 Å². The minimum absolute atomic E-state index is 0.0472. The number of benzene rings is 2. The lowest BCUT2D eigenvalue weighted by Crippen LogP contribution is -2.59. The zero-order valence-corrected chi connectivity index (χ0v) is 50.9. The van der Waals surface area contributed by atoms with E-state index in [-0.39, 0.29) is 104 Å². The van der Waals surface area contributed by atoms with E-state index in [1.54, 1.807) is 48.5 Å². The second-order valence-electron chi connectivity index (χ2n) is 21.3. The molecule has 2 aliphatic carbocycles. The number of urea groups is 2. The second-order valence-corrected chi connectivity index (χ2v) is 24.1. The van der Waals surface area contributed by atoms with Crippen molar-refractivity contribution in [3.8, 4) is 0 Å². The molecule has 4 aliphatic rings. The lowest BCUT2D eigenvalue weighted by atomic mass is 9.71. The predicted octanol–water partition coefficient (Wildman–Crippen LogP) is 5.62. The van der Waals surface area contributed by atoms with Crippen LogP contribution in [0.2, 0.25) is 0 Å². The van der Waals surface area contributed by atoms with Gasteiger partial charge in [0, 0.05) is 127 Å². The summed E-state index contributed by atoms with van der Waals surface area (Å²) in [6.07, 6.45) is 14.0. The van der Waals surface area contributed by atoms with Crippen molar-refractivity contribution in [3.63, 3.8) is 0 Å². The Morgan fingerprint density at radius 2 is 0.895 bits per heavy atom. The Balaban J connectivity index is 0.000000347. The Bertz CT molecular complexity index is 2590. The molecule has 86 heavy (non-hydrogen) atoms. The fourth-order valence-corrected chi connectivity index (χ4v) is 10.1. The van der Waals surface area contributed by atoms with Gasteiger partial charge in [0.25, 0.3) is 23.6 Å². The molecule has 11 N–H and O–H groups in total. The molecule has 2 aromatic rings. The Hall–Kier alpha value is -7.06. The number of hydrogen-bond donors (Lipinski definition) is 9. The van der Waals surface area contributed by atoms with Gasteiger partial charge in [0.2, 0.25) is 32.9 Å². The first-order valence-corrected chi connectivity index (χ1v) is 31.9. The number of nitrogens with two attached hydrogens (primary N) is 2. The molecule has 2 saturated carbocycles. The van der Waals surface area contributed by atoms with Gasteiger partial charge in [0.1, 0.15) is 0 Å². The average Bonchev–Trinajstić information content (AvgIpc) is 1.52. The quantitative estimate of drug-likeness (QED) is 0.0178. The number of amides is 12. The first-order chi connectivity index (χ1) is 41.0. The standard InChI is InChI=1S/C29H38ClN5O6.C29H39N5O7.Cl2OS/c30-19-20-8-10-22(11-9-20)33-27(40)21(6-4-16-32-28(31)41)18-23(36)29(14-5-15-29)34-24(37)7-2-1-3-17-35-25(38)12-13-26(35)39;30-28(41)31-16-4-6-21(27(40)32-22-10-8-20(19-35)9-11-22)18-23(36)29(14-5-15-29)33-24(37)7-2-1-3-17-34-25(38)12-13-26(34)39;1-4(2)3/h8-13,21H,1-7,14-19H2,(H,33,40)(H,34,37)(H3,31,32,41);8-13,21,35H,1-7,14-19H2,(H,32,40)(H,33,37)(H3,30,31,41);/t2*21-;/m11./s1. The van der Waals surface area contributed by atoms with Crippen molar-refractivity contribution < 1.29 is 66.8 Å². The highest BCUT2D eigenvalue weighted by atomic mass is 36.0. The summed E-state index contributed by atoms with van der Waals surface area (Å²) < 4.78 is 9.09. The number of ketones is 2. The van der Waals surface area contributed by atoms with Crippen LogP contribution in [-0.4, -0.2) is 127 Å². The van der Waals surface area contributed by atoms with E-state index < -0.39 is 44.2 Å². The molecule has 6 rings (SSSR count). The van der Waals surface area contributed by atoms with E-state index in [4.69, 9.17) is 27.3 Å². The van der Waals surface area contributed by atoms with Crippen molar-refractivity contribution >= 4 is 124 Å². The smallest absolute Gasteiger partial charge is 0.312 e. The number of carbonyl (C=O) groups is 12. The summed E-state index contributed by atoms with van der Waals surface area (Å²) in [7, 11) is 7.36. The molecule has 12 amide bonds. The molecule has 0 aromatic heterocycles. The Morgan fingerprint density at radius 1 is 0.547 bits per heavy atom. The summed E-state index contributed by atoms with van der Waals surface area (Å²) in [6, 6.07) is 12.5. The van der Waals surface area contributed by atoms with E-state index in [1.165, 1.54) is 34.1 Å². The number of carbonyl (C=O) groups excluding carboxylic acids is 12. The number of aliphatic hydroxyl groups is 1. The van der Waals surface area contributed by atoms with Crippen LogP contribution in [0.25, 0.3) is 0 Å². The number of anilines is 2. The van der Waals surface area contributed by atoms with Crippen LogP contribution >= 0.6 is 33.0 Å². The molecule has 0 saturated heterocycles. The number of halogens is 3. The van der Waals surface area contributed by atoms with Gasteiger partial charge in [-0.25, -0.2) is 13.8 Å². The number of aliphatic hydroxyl groups excluding tert-OH is 1. The third-order valence-electron chi connectivity index (χ3n) is 15.1. The molecule has 2 fully saturated rings. The molecule has 470 valence electrons. The number of nitrogens with one attached hydrogen (secondary N) is 6. The third-order valence-corrected chi connectivity index (χ3v) is 15.4. The molecule has 24 nitrogen and oxygen atoms in total. The summed E-state index contributed by atoms with van der Waals surface area (Å²) in [5, 5.41) is 25.7. The molecule has 2 atom stereocenters. The summed E-state index contributed by atoms with van der Waals surface area (Å²) in [6.45, 7) is 1.03. The fraction of sp³-hybridized carbons (Fsp3) is 0.517. The van der Waals surface area contributed by atoms with Crippen LogP contribution in [0.3, 0.4) is 0 Å². The van der Waals surface area contributed by atoms with Crippen LogP contribution in [-0.2, 0) is 69.7 Å². The lowest BCUT2D eigenvalue weighted by molar-refractivity contribution is -0.138. The Morgan fingerprint density at radius 3 is 1.20 bits per heavy atom.